The van der Waals surface area contributed by atoms with Gasteiger partial charge in [-0.15, -0.1) is 12.4 Å². The number of hydrogen-bond acceptors (Lipinski definition) is 4. The Morgan fingerprint density at radius 2 is 1.93 bits per heavy atom. The van der Waals surface area contributed by atoms with Crippen molar-refractivity contribution in [1.82, 2.24) is 14.9 Å². The van der Waals surface area contributed by atoms with E-state index in [-0.39, 0.29) is 30.4 Å². The van der Waals surface area contributed by atoms with Crippen LogP contribution in [0.25, 0.3) is 10.9 Å². The number of benzene rings is 2. The maximum atomic E-state index is 12.9. The molecule has 0 saturated carbocycles. The largest absolute Gasteiger partial charge is 0.331 e. The van der Waals surface area contributed by atoms with Gasteiger partial charge in [0.25, 0.3) is 11.5 Å². The molecule has 6 nitrogen and oxygen atoms in total. The molecule has 148 valence electrons. The molecule has 0 fully saturated rings. The molecule has 0 radical (unpaired) electrons. The number of rotatable bonds is 6. The zero-order valence-electron chi connectivity index (χ0n) is 15.4. The molecule has 1 heterocycles. The van der Waals surface area contributed by atoms with Gasteiger partial charge in [-0.3, -0.25) is 9.59 Å². The van der Waals surface area contributed by atoms with Crippen LogP contribution >= 0.6 is 24.0 Å². The lowest BCUT2D eigenvalue weighted by atomic mass is 10.1. The summed E-state index contributed by atoms with van der Waals surface area (Å²) < 4.78 is 0. The number of fused-ring (bicyclic) bond motifs is 1. The predicted molar refractivity (Wildman–Crippen MR) is 114 cm³/mol. The maximum absolute atomic E-state index is 12.9. The van der Waals surface area contributed by atoms with Gasteiger partial charge >= 0.3 is 0 Å². The van der Waals surface area contributed by atoms with Crippen molar-refractivity contribution in [1.29, 1.82) is 0 Å². The second-order valence-corrected chi connectivity index (χ2v) is 6.74. The monoisotopic (exact) mass is 420 g/mol. The topological polar surface area (TPSA) is 92.1 Å². The Labute approximate surface area is 174 Å². The highest BCUT2D eigenvalue weighted by Gasteiger charge is 2.17. The van der Waals surface area contributed by atoms with Crippen molar-refractivity contribution in [2.75, 3.05) is 6.54 Å². The molecular formula is C20H22Cl2N4O2. The van der Waals surface area contributed by atoms with Crippen LogP contribution in [0.4, 0.5) is 0 Å². The number of halogens is 2. The molecule has 3 rings (SSSR count). The minimum absolute atomic E-state index is 0. The van der Waals surface area contributed by atoms with Gasteiger partial charge in [-0.25, -0.2) is 4.98 Å². The molecule has 0 bridgehead atoms. The molecule has 0 spiro atoms. The van der Waals surface area contributed by atoms with Crippen LogP contribution in [0.2, 0.25) is 5.02 Å². The number of nitrogens with one attached hydrogen (secondary N) is 1. The normalized spacial score (nSPS) is 10.5. The molecule has 1 amide bonds. The first kappa shape index (κ1) is 21.9. The zero-order chi connectivity index (χ0) is 19.4. The lowest BCUT2D eigenvalue weighted by Crippen LogP contribution is -2.32. The number of hydrogen-bond donors (Lipinski definition) is 2. The number of carbonyl (C=O) groups excluding carboxylic acids is 1. The van der Waals surface area contributed by atoms with E-state index in [9.17, 15) is 9.59 Å². The Morgan fingerprint density at radius 3 is 2.57 bits per heavy atom. The fourth-order valence-electron chi connectivity index (χ4n) is 2.91. The van der Waals surface area contributed by atoms with Gasteiger partial charge < -0.3 is 15.6 Å². The highest BCUT2D eigenvalue weighted by atomic mass is 35.5. The van der Waals surface area contributed by atoms with Crippen molar-refractivity contribution in [2.24, 2.45) is 5.73 Å². The summed E-state index contributed by atoms with van der Waals surface area (Å²) >= 11 is 6.01. The van der Waals surface area contributed by atoms with Gasteiger partial charge in [0.2, 0.25) is 0 Å². The maximum Gasteiger partial charge on any atom is 0.258 e. The first-order valence-corrected chi connectivity index (χ1v) is 9.16. The quantitative estimate of drug-likeness (QED) is 0.637. The van der Waals surface area contributed by atoms with E-state index in [1.165, 1.54) is 0 Å². The van der Waals surface area contributed by atoms with E-state index in [4.69, 9.17) is 17.3 Å². The second-order valence-electron chi connectivity index (χ2n) is 6.30. The smallest absolute Gasteiger partial charge is 0.258 e. The first-order valence-electron chi connectivity index (χ1n) is 8.78. The second kappa shape index (κ2) is 9.68. The summed E-state index contributed by atoms with van der Waals surface area (Å²) in [6.07, 6.45) is 0.788. The molecule has 0 aliphatic heterocycles. The molecule has 3 aromatic rings. The van der Waals surface area contributed by atoms with Crippen LogP contribution in [-0.2, 0) is 13.1 Å². The van der Waals surface area contributed by atoms with Crippen LogP contribution in [-0.4, -0.2) is 27.3 Å². The minimum atomic E-state index is -0.247. The summed E-state index contributed by atoms with van der Waals surface area (Å²) in [5, 5.41) is 0.974. The summed E-state index contributed by atoms with van der Waals surface area (Å²) in [6, 6.07) is 12.2. The molecule has 0 aliphatic carbocycles. The molecule has 0 saturated heterocycles. The van der Waals surface area contributed by atoms with Crippen molar-refractivity contribution in [3.8, 4) is 0 Å². The SMILES string of the molecule is CCCN(Cc1nc2cc(Cl)ccc2c(=O)[nH]1)C(=O)c1ccc(CN)cc1.Cl. The highest BCUT2D eigenvalue weighted by molar-refractivity contribution is 6.31. The molecule has 0 atom stereocenters. The van der Waals surface area contributed by atoms with Crippen molar-refractivity contribution in [3.63, 3.8) is 0 Å². The molecule has 3 N–H and O–H groups in total. The predicted octanol–water partition coefficient (Wildman–Crippen LogP) is 3.51. The summed E-state index contributed by atoms with van der Waals surface area (Å²) in [7, 11) is 0. The molecule has 28 heavy (non-hydrogen) atoms. The summed E-state index contributed by atoms with van der Waals surface area (Å²) in [6.45, 7) is 3.18. The fraction of sp³-hybridized carbons (Fsp3) is 0.250. The van der Waals surface area contributed by atoms with E-state index in [0.29, 0.717) is 40.4 Å². The summed E-state index contributed by atoms with van der Waals surface area (Å²) in [4.78, 5) is 34.1. The van der Waals surface area contributed by atoms with Gasteiger partial charge in [-0.1, -0.05) is 30.7 Å². The number of nitrogens with two attached hydrogens (primary N) is 1. The van der Waals surface area contributed by atoms with Gasteiger partial charge in [0, 0.05) is 23.7 Å². The van der Waals surface area contributed by atoms with E-state index in [1.54, 1.807) is 35.2 Å². The summed E-state index contributed by atoms with van der Waals surface area (Å²) in [5.41, 5.74) is 7.41. The third-order valence-corrected chi connectivity index (χ3v) is 4.51. The third kappa shape index (κ3) is 4.90. The van der Waals surface area contributed by atoms with E-state index < -0.39 is 0 Å². The minimum Gasteiger partial charge on any atom is -0.331 e. The number of nitrogens with zero attached hydrogens (tertiary/aromatic N) is 2. The third-order valence-electron chi connectivity index (χ3n) is 4.28. The van der Waals surface area contributed by atoms with Crippen LogP contribution < -0.4 is 11.3 Å². The van der Waals surface area contributed by atoms with Crippen LogP contribution in [0.3, 0.4) is 0 Å². The van der Waals surface area contributed by atoms with Crippen LogP contribution in [0.5, 0.6) is 0 Å². The Morgan fingerprint density at radius 1 is 1.21 bits per heavy atom. The molecule has 2 aromatic carbocycles. The number of H-pyrrole nitrogens is 1. The molecular weight excluding hydrogens is 399 g/mol. The Balaban J connectivity index is 0.00000280. The van der Waals surface area contributed by atoms with Crippen LogP contribution in [0.1, 0.15) is 35.1 Å². The Bertz CT molecular complexity index is 1020. The Hall–Kier alpha value is -2.41. The van der Waals surface area contributed by atoms with E-state index in [0.717, 1.165) is 12.0 Å². The van der Waals surface area contributed by atoms with Crippen molar-refractivity contribution in [2.45, 2.75) is 26.4 Å². The lowest BCUT2D eigenvalue weighted by Gasteiger charge is -2.22. The lowest BCUT2D eigenvalue weighted by molar-refractivity contribution is 0.0739. The van der Waals surface area contributed by atoms with Crippen molar-refractivity contribution in [3.05, 3.63) is 74.8 Å². The van der Waals surface area contributed by atoms with E-state index >= 15 is 0 Å². The number of aromatic amines is 1. The van der Waals surface area contributed by atoms with Crippen molar-refractivity contribution >= 4 is 40.8 Å². The zero-order valence-corrected chi connectivity index (χ0v) is 17.0. The number of amides is 1. The van der Waals surface area contributed by atoms with Gasteiger partial charge in [-0.05, 0) is 42.3 Å². The van der Waals surface area contributed by atoms with E-state index in [2.05, 4.69) is 9.97 Å². The standard InChI is InChI=1S/C20H21ClN4O2.ClH/c1-2-9-25(20(27)14-5-3-13(11-22)4-6-14)12-18-23-17-10-15(21)7-8-16(17)19(26)24-18;/h3-8,10H,2,9,11-12,22H2,1H3,(H,23,24,26);1H. The molecule has 1 aromatic heterocycles. The average Bonchev–Trinajstić information content (AvgIpc) is 2.67. The van der Waals surface area contributed by atoms with Gasteiger partial charge in [0.1, 0.15) is 5.82 Å². The first-order chi connectivity index (χ1) is 13.0. The number of aromatic nitrogens is 2. The van der Waals surface area contributed by atoms with Crippen LogP contribution in [0.15, 0.2) is 47.3 Å². The number of carbonyl (C=O) groups is 1. The summed E-state index contributed by atoms with van der Waals surface area (Å²) in [5.74, 6) is 0.310. The van der Waals surface area contributed by atoms with Crippen LogP contribution in [0, 0.1) is 0 Å². The van der Waals surface area contributed by atoms with Crippen molar-refractivity contribution < 1.29 is 4.79 Å². The molecule has 8 heteroatoms. The average molecular weight is 421 g/mol. The van der Waals surface area contributed by atoms with Gasteiger partial charge in [0.05, 0.1) is 17.4 Å². The highest BCUT2D eigenvalue weighted by Crippen LogP contribution is 2.16. The Kier molecular flexibility index (Phi) is 7.57. The van der Waals surface area contributed by atoms with Gasteiger partial charge in [-0.2, -0.15) is 0 Å². The fourth-order valence-corrected chi connectivity index (χ4v) is 3.07. The molecule has 0 unspecified atom stereocenters. The molecule has 0 aliphatic rings. The van der Waals surface area contributed by atoms with E-state index in [1.807, 2.05) is 19.1 Å². The van der Waals surface area contributed by atoms with Gasteiger partial charge in [0.15, 0.2) is 0 Å².